The Bertz CT molecular complexity index is 655. The Morgan fingerprint density at radius 2 is 1.80 bits per heavy atom. The molecule has 0 radical (unpaired) electrons. The fourth-order valence-electron chi connectivity index (χ4n) is 2.25. The van der Waals surface area contributed by atoms with Gasteiger partial charge in [0.05, 0.1) is 4.90 Å². The zero-order valence-corrected chi connectivity index (χ0v) is 12.8. The van der Waals surface area contributed by atoms with Crippen molar-refractivity contribution in [2.75, 3.05) is 6.54 Å². The first kappa shape index (κ1) is 14.9. The molecule has 1 N–H and O–H groups in total. The highest BCUT2D eigenvalue weighted by Gasteiger charge is 2.30. The number of allylic oxidation sites excluding steroid dienone is 1. The second-order valence-corrected chi connectivity index (χ2v) is 7.66. The zero-order chi connectivity index (χ0) is 15.0. The lowest BCUT2D eigenvalue weighted by atomic mass is 9.93. The van der Waals surface area contributed by atoms with Crippen LogP contribution in [0.2, 0.25) is 0 Å². The molecule has 0 atom stereocenters. The van der Waals surface area contributed by atoms with Crippen molar-refractivity contribution in [1.29, 1.82) is 0 Å². The van der Waals surface area contributed by atoms with E-state index in [4.69, 9.17) is 0 Å². The third kappa shape index (κ3) is 3.35. The molecule has 1 aromatic carbocycles. The zero-order valence-electron chi connectivity index (χ0n) is 11.9. The van der Waals surface area contributed by atoms with Gasteiger partial charge in [-0.1, -0.05) is 37.6 Å². The van der Waals surface area contributed by atoms with E-state index in [9.17, 15) is 13.2 Å². The van der Waals surface area contributed by atoms with Crippen LogP contribution in [-0.4, -0.2) is 20.7 Å². The van der Waals surface area contributed by atoms with Gasteiger partial charge in [-0.2, -0.15) is 0 Å². The summed E-state index contributed by atoms with van der Waals surface area (Å²) in [6.07, 6.45) is 2.29. The molecule has 108 valence electrons. The lowest BCUT2D eigenvalue weighted by molar-refractivity contribution is -0.115. The molecule has 0 saturated heterocycles. The van der Waals surface area contributed by atoms with Gasteiger partial charge < -0.3 is 0 Å². The minimum Gasteiger partial charge on any atom is -0.294 e. The Morgan fingerprint density at radius 3 is 2.30 bits per heavy atom. The Labute approximate surface area is 119 Å². The van der Waals surface area contributed by atoms with E-state index in [0.717, 1.165) is 5.56 Å². The van der Waals surface area contributed by atoms with E-state index in [-0.39, 0.29) is 22.6 Å². The van der Waals surface area contributed by atoms with E-state index in [0.29, 0.717) is 12.0 Å². The quantitative estimate of drug-likeness (QED) is 0.925. The summed E-state index contributed by atoms with van der Waals surface area (Å²) < 4.78 is 26.7. The van der Waals surface area contributed by atoms with Crippen molar-refractivity contribution in [1.82, 2.24) is 4.72 Å². The number of carbonyl (C=O) groups is 1. The highest BCUT2D eigenvalue weighted by atomic mass is 32.2. The number of benzene rings is 1. The van der Waals surface area contributed by atoms with E-state index in [2.05, 4.69) is 4.72 Å². The Hall–Kier alpha value is -1.46. The van der Waals surface area contributed by atoms with E-state index in [1.807, 2.05) is 26.8 Å². The maximum atomic E-state index is 12.1. The molecule has 0 fully saturated rings. The molecule has 5 heteroatoms. The van der Waals surface area contributed by atoms with Gasteiger partial charge in [-0.05, 0) is 24.5 Å². The van der Waals surface area contributed by atoms with Crippen LogP contribution < -0.4 is 4.72 Å². The van der Waals surface area contributed by atoms with Crippen molar-refractivity contribution < 1.29 is 13.2 Å². The SMILES string of the molecule is Cc1ccc(S(=O)(=O)NCC2=CC(C)(C)CC2=O)cc1. The van der Waals surface area contributed by atoms with Crippen molar-refractivity contribution in [3.8, 4) is 0 Å². The van der Waals surface area contributed by atoms with Crippen LogP contribution in [0.25, 0.3) is 0 Å². The van der Waals surface area contributed by atoms with Crippen molar-refractivity contribution in [2.24, 2.45) is 5.41 Å². The maximum Gasteiger partial charge on any atom is 0.240 e. The van der Waals surface area contributed by atoms with Crippen LogP contribution >= 0.6 is 0 Å². The molecule has 0 heterocycles. The molecule has 20 heavy (non-hydrogen) atoms. The predicted octanol–water partition coefficient (Wildman–Crippen LogP) is 2.20. The highest BCUT2D eigenvalue weighted by Crippen LogP contribution is 2.32. The van der Waals surface area contributed by atoms with E-state index >= 15 is 0 Å². The standard InChI is InChI=1S/C15H19NO3S/c1-11-4-6-13(7-5-11)20(18,19)16-10-12-8-15(2,3)9-14(12)17/h4-8,16H,9-10H2,1-3H3. The van der Waals surface area contributed by atoms with Gasteiger partial charge in [-0.15, -0.1) is 0 Å². The normalized spacial score (nSPS) is 18.1. The Balaban J connectivity index is 2.11. The number of ketones is 1. The maximum absolute atomic E-state index is 12.1. The molecule has 0 unspecified atom stereocenters. The van der Waals surface area contributed by atoms with E-state index in [1.165, 1.54) is 0 Å². The number of hydrogen-bond acceptors (Lipinski definition) is 3. The Kier molecular flexibility index (Phi) is 3.84. The van der Waals surface area contributed by atoms with Crippen molar-refractivity contribution >= 4 is 15.8 Å². The largest absolute Gasteiger partial charge is 0.294 e. The summed E-state index contributed by atoms with van der Waals surface area (Å²) in [6, 6.07) is 6.62. The summed E-state index contributed by atoms with van der Waals surface area (Å²) in [6.45, 7) is 5.88. The van der Waals surface area contributed by atoms with Gasteiger partial charge >= 0.3 is 0 Å². The van der Waals surface area contributed by atoms with Gasteiger partial charge in [-0.3, -0.25) is 4.79 Å². The van der Waals surface area contributed by atoms with Crippen LogP contribution in [0.3, 0.4) is 0 Å². The summed E-state index contributed by atoms with van der Waals surface area (Å²) in [7, 11) is -3.57. The van der Waals surface area contributed by atoms with Crippen LogP contribution in [0.5, 0.6) is 0 Å². The summed E-state index contributed by atoms with van der Waals surface area (Å²) >= 11 is 0. The molecule has 0 aromatic heterocycles. The first-order valence-electron chi connectivity index (χ1n) is 6.51. The lowest BCUT2D eigenvalue weighted by Gasteiger charge is -2.10. The number of rotatable bonds is 4. The van der Waals surface area contributed by atoms with Gasteiger partial charge in [0.15, 0.2) is 5.78 Å². The van der Waals surface area contributed by atoms with Crippen LogP contribution in [-0.2, 0) is 14.8 Å². The molecule has 0 aliphatic heterocycles. The molecule has 1 aliphatic rings. The molecule has 0 bridgehead atoms. The minimum atomic E-state index is -3.57. The Morgan fingerprint density at radius 1 is 1.20 bits per heavy atom. The first-order valence-corrected chi connectivity index (χ1v) is 7.99. The molecule has 0 spiro atoms. The number of Topliss-reactive ketones (excluding diaryl/α,β-unsaturated/α-hetero) is 1. The van der Waals surface area contributed by atoms with Gasteiger partial charge in [0.2, 0.25) is 10.0 Å². The number of aryl methyl sites for hydroxylation is 1. The first-order chi connectivity index (χ1) is 9.20. The van der Waals surface area contributed by atoms with Gasteiger partial charge in [0.25, 0.3) is 0 Å². The summed E-state index contributed by atoms with van der Waals surface area (Å²) in [4.78, 5) is 12.0. The lowest BCUT2D eigenvalue weighted by Crippen LogP contribution is -2.27. The molecular weight excluding hydrogens is 274 g/mol. The van der Waals surface area contributed by atoms with E-state index < -0.39 is 10.0 Å². The smallest absolute Gasteiger partial charge is 0.240 e. The number of sulfonamides is 1. The predicted molar refractivity (Wildman–Crippen MR) is 77.9 cm³/mol. The second kappa shape index (κ2) is 5.14. The van der Waals surface area contributed by atoms with Gasteiger partial charge in [0.1, 0.15) is 0 Å². The molecule has 0 amide bonds. The summed E-state index contributed by atoms with van der Waals surface area (Å²) in [5.41, 5.74) is 1.37. The van der Waals surface area contributed by atoms with Crippen molar-refractivity contribution in [2.45, 2.75) is 32.1 Å². The van der Waals surface area contributed by atoms with Crippen molar-refractivity contribution in [3.05, 3.63) is 41.5 Å². The fraction of sp³-hybridized carbons (Fsp3) is 0.400. The number of hydrogen-bond donors (Lipinski definition) is 1. The topological polar surface area (TPSA) is 63.2 Å². The number of carbonyl (C=O) groups excluding carboxylic acids is 1. The molecular formula is C15H19NO3S. The molecule has 1 aliphatic carbocycles. The van der Waals surface area contributed by atoms with Crippen LogP contribution in [0, 0.1) is 12.3 Å². The molecule has 2 rings (SSSR count). The monoisotopic (exact) mass is 293 g/mol. The highest BCUT2D eigenvalue weighted by molar-refractivity contribution is 7.89. The third-order valence-electron chi connectivity index (χ3n) is 3.32. The summed E-state index contributed by atoms with van der Waals surface area (Å²) in [5.74, 6) is 0.0154. The van der Waals surface area contributed by atoms with E-state index in [1.54, 1.807) is 24.3 Å². The van der Waals surface area contributed by atoms with Crippen molar-refractivity contribution in [3.63, 3.8) is 0 Å². The molecule has 0 saturated carbocycles. The number of nitrogens with one attached hydrogen (secondary N) is 1. The molecule has 1 aromatic rings. The van der Waals surface area contributed by atoms with Gasteiger partial charge in [-0.25, -0.2) is 13.1 Å². The van der Waals surface area contributed by atoms with Gasteiger partial charge in [0, 0.05) is 18.5 Å². The molecule has 4 nitrogen and oxygen atoms in total. The van der Waals surface area contributed by atoms with Crippen LogP contribution in [0.4, 0.5) is 0 Å². The summed E-state index contributed by atoms with van der Waals surface area (Å²) in [5, 5.41) is 0. The van der Waals surface area contributed by atoms with Crippen LogP contribution in [0.15, 0.2) is 40.8 Å². The second-order valence-electron chi connectivity index (χ2n) is 5.90. The minimum absolute atomic E-state index is 0.0154. The third-order valence-corrected chi connectivity index (χ3v) is 4.74. The average molecular weight is 293 g/mol. The fourth-order valence-corrected chi connectivity index (χ4v) is 3.26. The van der Waals surface area contributed by atoms with Crippen LogP contribution in [0.1, 0.15) is 25.8 Å². The average Bonchev–Trinajstić information content (AvgIpc) is 2.60.